The Labute approximate surface area is 147 Å². The van der Waals surface area contributed by atoms with Crippen molar-refractivity contribution in [2.75, 3.05) is 18.2 Å². The molecular formula is C17H25N3O3S. The van der Waals surface area contributed by atoms with Gasteiger partial charge in [0.1, 0.15) is 11.2 Å². The van der Waals surface area contributed by atoms with Gasteiger partial charge in [-0.1, -0.05) is 19.4 Å². The van der Waals surface area contributed by atoms with Gasteiger partial charge in [0.2, 0.25) is 11.8 Å². The summed E-state index contributed by atoms with van der Waals surface area (Å²) in [5, 5.41) is 9.09. The summed E-state index contributed by atoms with van der Waals surface area (Å²) in [5.74, 6) is 0.780. The summed E-state index contributed by atoms with van der Waals surface area (Å²) in [6, 6.07) is 5.81. The molecule has 1 aliphatic rings. The number of nitrogens with one attached hydrogen (secondary N) is 3. The van der Waals surface area contributed by atoms with Gasteiger partial charge in [-0.3, -0.25) is 14.9 Å². The highest BCUT2D eigenvalue weighted by Crippen LogP contribution is 2.25. The molecule has 0 aromatic heterocycles. The Kier molecular flexibility index (Phi) is 6.93. The molecule has 132 valence electrons. The minimum absolute atomic E-state index is 0.0328. The van der Waals surface area contributed by atoms with Gasteiger partial charge in [-0.15, -0.1) is 11.8 Å². The highest BCUT2D eigenvalue weighted by Gasteiger charge is 2.25. The quantitative estimate of drug-likeness (QED) is 0.702. The average molecular weight is 351 g/mol. The third kappa shape index (κ3) is 5.42. The van der Waals surface area contributed by atoms with Crippen molar-refractivity contribution < 1.29 is 14.3 Å². The van der Waals surface area contributed by atoms with Crippen LogP contribution in [0, 0.1) is 6.92 Å². The Morgan fingerprint density at radius 1 is 1.46 bits per heavy atom. The van der Waals surface area contributed by atoms with Crippen molar-refractivity contribution in [1.82, 2.24) is 10.6 Å². The molecule has 0 spiro atoms. The summed E-state index contributed by atoms with van der Waals surface area (Å²) in [6.45, 7) is 4.05. The second-order valence-corrected chi connectivity index (χ2v) is 6.96. The molecule has 2 rings (SSSR count). The number of thioether (sulfide) groups is 1. The standard InChI is InChI=1S/C17H25N3O3S/c1-4-5-12-9-15(21)20-17(18-12)24-10-16(22)19-13-8-11(2)6-7-14(13)23-3/h6-8,12,17-18H,4-5,9-10H2,1-3H3,(H,19,22)(H,20,21). The van der Waals surface area contributed by atoms with Crippen LogP contribution in [0.1, 0.15) is 31.7 Å². The molecular weight excluding hydrogens is 326 g/mol. The lowest BCUT2D eigenvalue weighted by molar-refractivity contribution is -0.123. The Balaban J connectivity index is 1.87. The zero-order valence-corrected chi connectivity index (χ0v) is 15.2. The van der Waals surface area contributed by atoms with E-state index < -0.39 is 0 Å². The maximum absolute atomic E-state index is 12.2. The Bertz CT molecular complexity index is 594. The summed E-state index contributed by atoms with van der Waals surface area (Å²) in [6.07, 6.45) is 2.48. The van der Waals surface area contributed by atoms with Crippen molar-refractivity contribution in [3.05, 3.63) is 23.8 Å². The number of rotatable bonds is 7. The van der Waals surface area contributed by atoms with Gasteiger partial charge in [-0.2, -0.15) is 0 Å². The summed E-state index contributed by atoms with van der Waals surface area (Å²) < 4.78 is 5.26. The number of methoxy groups -OCH3 is 1. The van der Waals surface area contributed by atoms with Crippen LogP contribution in [0.2, 0.25) is 0 Å². The number of carbonyl (C=O) groups excluding carboxylic acids is 2. The number of ether oxygens (including phenoxy) is 1. The molecule has 1 saturated heterocycles. The van der Waals surface area contributed by atoms with Crippen molar-refractivity contribution >= 4 is 29.3 Å². The van der Waals surface area contributed by atoms with Gasteiger partial charge in [0.15, 0.2) is 0 Å². The van der Waals surface area contributed by atoms with Crippen LogP contribution < -0.4 is 20.7 Å². The molecule has 2 unspecified atom stereocenters. The molecule has 0 aliphatic carbocycles. The average Bonchev–Trinajstić information content (AvgIpc) is 2.53. The van der Waals surface area contributed by atoms with E-state index in [4.69, 9.17) is 4.74 Å². The largest absolute Gasteiger partial charge is 0.495 e. The van der Waals surface area contributed by atoms with Crippen molar-refractivity contribution in [2.45, 2.75) is 44.6 Å². The molecule has 1 aliphatic heterocycles. The summed E-state index contributed by atoms with van der Waals surface area (Å²) >= 11 is 1.38. The first-order valence-electron chi connectivity index (χ1n) is 8.13. The number of hydrogen-bond acceptors (Lipinski definition) is 5. The number of anilines is 1. The van der Waals surface area contributed by atoms with Crippen LogP contribution in [0.15, 0.2) is 18.2 Å². The van der Waals surface area contributed by atoms with Crippen molar-refractivity contribution in [3.63, 3.8) is 0 Å². The lowest BCUT2D eigenvalue weighted by Crippen LogP contribution is -2.54. The first-order chi connectivity index (χ1) is 11.5. The van der Waals surface area contributed by atoms with Crippen molar-refractivity contribution in [2.24, 2.45) is 0 Å². The van der Waals surface area contributed by atoms with Crippen LogP contribution in [0.4, 0.5) is 5.69 Å². The van der Waals surface area contributed by atoms with E-state index in [0.717, 1.165) is 18.4 Å². The third-order valence-electron chi connectivity index (χ3n) is 3.76. The van der Waals surface area contributed by atoms with E-state index >= 15 is 0 Å². The van der Waals surface area contributed by atoms with Gasteiger partial charge in [-0.05, 0) is 31.0 Å². The van der Waals surface area contributed by atoms with Gasteiger partial charge in [0, 0.05) is 12.5 Å². The predicted octanol–water partition coefficient (Wildman–Crippen LogP) is 2.24. The maximum Gasteiger partial charge on any atom is 0.234 e. The van der Waals surface area contributed by atoms with Gasteiger partial charge >= 0.3 is 0 Å². The molecule has 0 radical (unpaired) electrons. The number of benzene rings is 1. The fourth-order valence-corrected chi connectivity index (χ4v) is 3.53. The lowest BCUT2D eigenvalue weighted by Gasteiger charge is -2.30. The van der Waals surface area contributed by atoms with Gasteiger partial charge < -0.3 is 15.4 Å². The summed E-state index contributed by atoms with van der Waals surface area (Å²) in [4.78, 5) is 23.9. The lowest BCUT2D eigenvalue weighted by atomic mass is 10.1. The van der Waals surface area contributed by atoms with Gasteiger partial charge in [-0.25, -0.2) is 0 Å². The third-order valence-corrected chi connectivity index (χ3v) is 4.77. The van der Waals surface area contributed by atoms with Crippen LogP contribution in [0.25, 0.3) is 0 Å². The Morgan fingerprint density at radius 2 is 2.25 bits per heavy atom. The molecule has 1 aromatic carbocycles. The fourth-order valence-electron chi connectivity index (χ4n) is 2.63. The van der Waals surface area contributed by atoms with Crippen LogP contribution in [0.3, 0.4) is 0 Å². The zero-order chi connectivity index (χ0) is 17.5. The van der Waals surface area contributed by atoms with E-state index in [1.807, 2.05) is 25.1 Å². The molecule has 24 heavy (non-hydrogen) atoms. The van der Waals surface area contributed by atoms with Crippen LogP contribution in [-0.4, -0.2) is 36.2 Å². The minimum Gasteiger partial charge on any atom is -0.495 e. The molecule has 1 aromatic rings. The first kappa shape index (κ1) is 18.6. The SMILES string of the molecule is CCCC1CC(=O)NC(SCC(=O)Nc2cc(C)ccc2OC)N1. The zero-order valence-electron chi connectivity index (χ0n) is 14.3. The van der Waals surface area contributed by atoms with Gasteiger partial charge in [0.25, 0.3) is 0 Å². The topological polar surface area (TPSA) is 79.5 Å². The van der Waals surface area contributed by atoms with E-state index in [0.29, 0.717) is 17.9 Å². The highest BCUT2D eigenvalue weighted by molar-refractivity contribution is 8.00. The molecule has 0 saturated carbocycles. The second kappa shape index (κ2) is 8.94. The molecule has 6 nitrogen and oxygen atoms in total. The number of hydrogen-bond donors (Lipinski definition) is 3. The number of aryl methyl sites for hydroxylation is 1. The van der Waals surface area contributed by atoms with E-state index in [-0.39, 0.29) is 29.1 Å². The highest BCUT2D eigenvalue weighted by atomic mass is 32.2. The normalized spacial score (nSPS) is 20.4. The van der Waals surface area contributed by atoms with E-state index in [1.165, 1.54) is 11.8 Å². The van der Waals surface area contributed by atoms with Gasteiger partial charge in [0.05, 0.1) is 18.6 Å². The minimum atomic E-state index is -0.229. The van der Waals surface area contributed by atoms with E-state index in [9.17, 15) is 9.59 Å². The molecule has 1 fully saturated rings. The fraction of sp³-hybridized carbons (Fsp3) is 0.529. The van der Waals surface area contributed by atoms with Crippen LogP contribution in [-0.2, 0) is 9.59 Å². The molecule has 0 bridgehead atoms. The van der Waals surface area contributed by atoms with Crippen molar-refractivity contribution in [3.8, 4) is 5.75 Å². The summed E-state index contributed by atoms with van der Waals surface area (Å²) in [7, 11) is 1.57. The maximum atomic E-state index is 12.2. The summed E-state index contributed by atoms with van der Waals surface area (Å²) in [5.41, 5.74) is 1.47. The Hall–Kier alpha value is -1.73. The van der Waals surface area contributed by atoms with Crippen molar-refractivity contribution in [1.29, 1.82) is 0 Å². The number of amides is 2. The molecule has 2 atom stereocenters. The molecule has 7 heteroatoms. The molecule has 3 N–H and O–H groups in total. The molecule has 2 amide bonds. The van der Waals surface area contributed by atoms with E-state index in [2.05, 4.69) is 22.9 Å². The van der Waals surface area contributed by atoms with E-state index in [1.54, 1.807) is 7.11 Å². The molecule has 1 heterocycles. The Morgan fingerprint density at radius 3 is 2.96 bits per heavy atom. The van der Waals surface area contributed by atoms with Crippen LogP contribution in [0.5, 0.6) is 5.75 Å². The predicted molar refractivity (Wildman–Crippen MR) is 97.2 cm³/mol. The second-order valence-electron chi connectivity index (χ2n) is 5.87. The monoisotopic (exact) mass is 351 g/mol. The van der Waals surface area contributed by atoms with Crippen LogP contribution >= 0.6 is 11.8 Å². The smallest absolute Gasteiger partial charge is 0.234 e. The number of carbonyl (C=O) groups is 2. The first-order valence-corrected chi connectivity index (χ1v) is 9.18.